The average Bonchev–Trinajstić information content (AvgIpc) is 2.66. The summed E-state index contributed by atoms with van der Waals surface area (Å²) in [4.78, 5) is 16.4. The summed E-state index contributed by atoms with van der Waals surface area (Å²) in [7, 11) is 3.22. The number of rotatable bonds is 9. The Hall–Kier alpha value is -2.76. The molecule has 0 unspecified atom stereocenters. The predicted octanol–water partition coefficient (Wildman–Crippen LogP) is 3.49. The number of pyridine rings is 1. The highest BCUT2D eigenvalue weighted by molar-refractivity contribution is 5.94. The van der Waals surface area contributed by atoms with Gasteiger partial charge in [-0.1, -0.05) is 19.9 Å². The standard InChI is InChI=1S/C20H27N3O3/c1-14(2)9-10-21-20(24)16-6-8-19(23-13-16)22-12-15-5-7-17(25-3)18(11-15)26-4/h5-8,11,13-14H,9-10,12H2,1-4H3,(H,21,24)(H,22,23). The van der Waals surface area contributed by atoms with Crippen LogP contribution >= 0.6 is 0 Å². The first-order valence-corrected chi connectivity index (χ1v) is 8.72. The Balaban J connectivity index is 1.90. The number of hydrogen-bond acceptors (Lipinski definition) is 5. The third-order valence-corrected chi connectivity index (χ3v) is 3.95. The summed E-state index contributed by atoms with van der Waals surface area (Å²) >= 11 is 0. The smallest absolute Gasteiger partial charge is 0.252 e. The van der Waals surface area contributed by atoms with Crippen molar-refractivity contribution in [2.45, 2.75) is 26.8 Å². The highest BCUT2D eigenvalue weighted by Gasteiger charge is 2.07. The number of anilines is 1. The highest BCUT2D eigenvalue weighted by atomic mass is 16.5. The van der Waals surface area contributed by atoms with Crippen LogP contribution in [-0.4, -0.2) is 31.7 Å². The number of nitrogens with one attached hydrogen (secondary N) is 2. The minimum absolute atomic E-state index is 0.0930. The highest BCUT2D eigenvalue weighted by Crippen LogP contribution is 2.27. The molecule has 0 aliphatic rings. The van der Waals surface area contributed by atoms with Crippen LogP contribution in [0.15, 0.2) is 36.5 Å². The lowest BCUT2D eigenvalue weighted by Crippen LogP contribution is -2.25. The second kappa shape index (κ2) is 9.65. The first-order valence-electron chi connectivity index (χ1n) is 8.72. The molecule has 140 valence electrons. The van der Waals surface area contributed by atoms with Gasteiger partial charge in [0.1, 0.15) is 5.82 Å². The van der Waals surface area contributed by atoms with Crippen LogP contribution in [0, 0.1) is 5.92 Å². The summed E-state index contributed by atoms with van der Waals surface area (Å²) in [6.07, 6.45) is 2.55. The largest absolute Gasteiger partial charge is 0.493 e. The Morgan fingerprint density at radius 2 is 1.88 bits per heavy atom. The molecule has 0 atom stereocenters. The molecule has 0 radical (unpaired) electrons. The quantitative estimate of drug-likeness (QED) is 0.719. The lowest BCUT2D eigenvalue weighted by molar-refractivity contribution is 0.0951. The van der Waals surface area contributed by atoms with Crippen molar-refractivity contribution < 1.29 is 14.3 Å². The van der Waals surface area contributed by atoms with Crippen LogP contribution in [0.2, 0.25) is 0 Å². The zero-order valence-electron chi connectivity index (χ0n) is 15.8. The third-order valence-electron chi connectivity index (χ3n) is 3.95. The molecular formula is C20H27N3O3. The number of benzene rings is 1. The molecule has 0 spiro atoms. The molecule has 6 nitrogen and oxygen atoms in total. The molecule has 0 aliphatic heterocycles. The van der Waals surface area contributed by atoms with Gasteiger partial charge in [-0.15, -0.1) is 0 Å². The minimum Gasteiger partial charge on any atom is -0.493 e. The normalized spacial score (nSPS) is 10.5. The van der Waals surface area contributed by atoms with Gasteiger partial charge in [0.15, 0.2) is 11.5 Å². The zero-order valence-corrected chi connectivity index (χ0v) is 15.8. The first kappa shape index (κ1) is 19.6. The lowest BCUT2D eigenvalue weighted by atomic mass is 10.1. The SMILES string of the molecule is COc1ccc(CNc2ccc(C(=O)NCCC(C)C)cn2)cc1OC. The van der Waals surface area contributed by atoms with E-state index >= 15 is 0 Å². The second-order valence-electron chi connectivity index (χ2n) is 6.41. The van der Waals surface area contributed by atoms with E-state index in [1.54, 1.807) is 32.5 Å². The molecule has 0 aliphatic carbocycles. The lowest BCUT2D eigenvalue weighted by Gasteiger charge is -2.11. The number of aromatic nitrogens is 1. The Morgan fingerprint density at radius 1 is 1.12 bits per heavy atom. The van der Waals surface area contributed by atoms with Gasteiger partial charge in [-0.3, -0.25) is 4.79 Å². The van der Waals surface area contributed by atoms with Crippen LogP contribution in [0.25, 0.3) is 0 Å². The minimum atomic E-state index is -0.0930. The van der Waals surface area contributed by atoms with E-state index < -0.39 is 0 Å². The van der Waals surface area contributed by atoms with Gasteiger partial charge in [0, 0.05) is 19.3 Å². The van der Waals surface area contributed by atoms with E-state index in [1.807, 2.05) is 18.2 Å². The Kier molecular flexibility index (Phi) is 7.26. The second-order valence-corrected chi connectivity index (χ2v) is 6.41. The number of methoxy groups -OCH3 is 2. The van der Waals surface area contributed by atoms with Gasteiger partial charge in [-0.05, 0) is 42.2 Å². The molecule has 1 amide bonds. The molecule has 0 saturated carbocycles. The molecule has 0 saturated heterocycles. The van der Waals surface area contributed by atoms with Crippen LogP contribution in [0.5, 0.6) is 11.5 Å². The number of ether oxygens (including phenoxy) is 2. The molecule has 2 aromatic rings. The number of carbonyl (C=O) groups excluding carboxylic acids is 1. The van der Waals surface area contributed by atoms with E-state index in [1.165, 1.54) is 0 Å². The third kappa shape index (κ3) is 5.65. The van der Waals surface area contributed by atoms with Gasteiger partial charge in [0.05, 0.1) is 19.8 Å². The fraction of sp³-hybridized carbons (Fsp3) is 0.400. The molecule has 0 fully saturated rings. The maximum absolute atomic E-state index is 12.1. The molecule has 0 bridgehead atoms. The van der Waals surface area contributed by atoms with Gasteiger partial charge < -0.3 is 20.1 Å². The number of carbonyl (C=O) groups is 1. The summed E-state index contributed by atoms with van der Waals surface area (Å²) in [6, 6.07) is 9.33. The van der Waals surface area contributed by atoms with E-state index in [-0.39, 0.29) is 5.91 Å². The van der Waals surface area contributed by atoms with Crippen molar-refractivity contribution in [1.82, 2.24) is 10.3 Å². The maximum Gasteiger partial charge on any atom is 0.252 e. The Bertz CT molecular complexity index is 715. The van der Waals surface area contributed by atoms with Crippen molar-refractivity contribution >= 4 is 11.7 Å². The van der Waals surface area contributed by atoms with Gasteiger partial charge >= 0.3 is 0 Å². The van der Waals surface area contributed by atoms with E-state index in [2.05, 4.69) is 29.5 Å². The van der Waals surface area contributed by atoms with E-state index in [9.17, 15) is 4.79 Å². The van der Waals surface area contributed by atoms with E-state index in [0.717, 1.165) is 12.0 Å². The van der Waals surface area contributed by atoms with Crippen LogP contribution in [0.3, 0.4) is 0 Å². The van der Waals surface area contributed by atoms with E-state index in [0.29, 0.717) is 41.9 Å². The zero-order chi connectivity index (χ0) is 18.9. The first-order chi connectivity index (χ1) is 12.5. The van der Waals surface area contributed by atoms with E-state index in [4.69, 9.17) is 9.47 Å². The van der Waals surface area contributed by atoms with Crippen LogP contribution in [0.4, 0.5) is 5.82 Å². The summed E-state index contributed by atoms with van der Waals surface area (Å²) in [5.41, 5.74) is 1.60. The number of nitrogens with zero attached hydrogens (tertiary/aromatic N) is 1. The maximum atomic E-state index is 12.1. The van der Waals surface area contributed by atoms with Crippen molar-refractivity contribution in [3.8, 4) is 11.5 Å². The van der Waals surface area contributed by atoms with Crippen molar-refractivity contribution in [1.29, 1.82) is 0 Å². The van der Waals surface area contributed by atoms with Crippen LogP contribution in [0.1, 0.15) is 36.2 Å². The van der Waals surface area contributed by atoms with Crippen LogP contribution < -0.4 is 20.1 Å². The summed E-state index contributed by atoms with van der Waals surface area (Å²) in [5.74, 6) is 2.56. The molecule has 6 heteroatoms. The predicted molar refractivity (Wildman–Crippen MR) is 103 cm³/mol. The fourth-order valence-electron chi connectivity index (χ4n) is 2.39. The Labute approximate surface area is 154 Å². The van der Waals surface area contributed by atoms with Crippen molar-refractivity contribution in [3.05, 3.63) is 47.7 Å². The molecule has 1 aromatic heterocycles. The fourth-order valence-corrected chi connectivity index (χ4v) is 2.39. The van der Waals surface area contributed by atoms with Gasteiger partial charge in [0.2, 0.25) is 0 Å². The molecule has 1 heterocycles. The summed E-state index contributed by atoms with van der Waals surface area (Å²) in [6.45, 7) is 5.53. The molecule has 2 N–H and O–H groups in total. The topological polar surface area (TPSA) is 72.5 Å². The van der Waals surface area contributed by atoms with Gasteiger partial charge in [0.25, 0.3) is 5.91 Å². The van der Waals surface area contributed by atoms with Crippen molar-refractivity contribution in [2.24, 2.45) is 5.92 Å². The van der Waals surface area contributed by atoms with Gasteiger partial charge in [-0.25, -0.2) is 4.98 Å². The molecule has 1 aromatic carbocycles. The monoisotopic (exact) mass is 357 g/mol. The summed E-state index contributed by atoms with van der Waals surface area (Å²) < 4.78 is 10.5. The van der Waals surface area contributed by atoms with Crippen LogP contribution in [-0.2, 0) is 6.54 Å². The van der Waals surface area contributed by atoms with Crippen molar-refractivity contribution in [2.75, 3.05) is 26.1 Å². The van der Waals surface area contributed by atoms with Gasteiger partial charge in [-0.2, -0.15) is 0 Å². The number of hydrogen-bond donors (Lipinski definition) is 2. The summed E-state index contributed by atoms with van der Waals surface area (Å²) in [5, 5.41) is 6.14. The molecule has 2 rings (SSSR count). The number of amides is 1. The molecular weight excluding hydrogens is 330 g/mol. The average molecular weight is 357 g/mol. The molecule has 26 heavy (non-hydrogen) atoms. The van der Waals surface area contributed by atoms with Crippen molar-refractivity contribution in [3.63, 3.8) is 0 Å². The Morgan fingerprint density at radius 3 is 2.50 bits per heavy atom.